The minimum absolute atomic E-state index is 0. The zero-order chi connectivity index (χ0) is 13.2. The van der Waals surface area contributed by atoms with Gasteiger partial charge in [-0.05, 0) is 30.7 Å². The summed E-state index contributed by atoms with van der Waals surface area (Å²) in [5.74, 6) is -0.194. The van der Waals surface area contributed by atoms with Gasteiger partial charge in [-0.2, -0.15) is 0 Å². The first-order valence-electron chi connectivity index (χ1n) is 6.72. The summed E-state index contributed by atoms with van der Waals surface area (Å²) in [4.78, 5) is 6.74. The molecule has 3 rings (SSSR count). The summed E-state index contributed by atoms with van der Waals surface area (Å²) in [6, 6.07) is 7.49. The van der Waals surface area contributed by atoms with Crippen LogP contribution in [-0.4, -0.2) is 35.6 Å². The molecule has 1 atom stereocenters. The second-order valence-corrected chi connectivity index (χ2v) is 5.20. The Morgan fingerprint density at radius 1 is 1.40 bits per heavy atom. The van der Waals surface area contributed by atoms with Crippen LogP contribution >= 0.6 is 12.4 Å². The third kappa shape index (κ3) is 3.08. The number of fused-ring (bicyclic) bond motifs is 1. The number of aromatic nitrogens is 1. The van der Waals surface area contributed by atoms with Crippen molar-refractivity contribution in [3.05, 3.63) is 41.8 Å². The van der Waals surface area contributed by atoms with Crippen molar-refractivity contribution in [3.63, 3.8) is 0 Å². The maximum absolute atomic E-state index is 13.7. The number of nitrogens with one attached hydrogen (secondary N) is 1. The number of rotatable bonds is 2. The Kier molecular flexibility index (Phi) is 4.91. The van der Waals surface area contributed by atoms with Crippen molar-refractivity contribution in [1.29, 1.82) is 0 Å². The topological polar surface area (TPSA) is 28.2 Å². The van der Waals surface area contributed by atoms with Crippen molar-refractivity contribution in [1.82, 2.24) is 15.2 Å². The number of hydrogen-bond donors (Lipinski definition) is 1. The lowest BCUT2D eigenvalue weighted by Gasteiger charge is -2.31. The van der Waals surface area contributed by atoms with Gasteiger partial charge in [-0.15, -0.1) is 12.4 Å². The molecule has 0 saturated carbocycles. The summed E-state index contributed by atoms with van der Waals surface area (Å²) >= 11 is 0. The minimum atomic E-state index is -0.194. The maximum atomic E-state index is 13.7. The standard InChI is InChI=1S/C15H18FN3.ClH/c1-11-9-19(8-7-17-11)10-12-4-5-14(16)13-3-2-6-18-15(12)13;/h2-6,11,17H,7-10H2,1H3;1H. The van der Waals surface area contributed by atoms with E-state index in [1.54, 1.807) is 24.4 Å². The van der Waals surface area contributed by atoms with Crippen molar-refractivity contribution < 1.29 is 4.39 Å². The molecule has 1 aromatic heterocycles. The van der Waals surface area contributed by atoms with Gasteiger partial charge in [0.05, 0.1) is 5.52 Å². The largest absolute Gasteiger partial charge is 0.312 e. The molecule has 5 heteroatoms. The Morgan fingerprint density at radius 3 is 3.05 bits per heavy atom. The van der Waals surface area contributed by atoms with Crippen LogP contribution < -0.4 is 5.32 Å². The van der Waals surface area contributed by atoms with E-state index in [4.69, 9.17) is 0 Å². The van der Waals surface area contributed by atoms with Gasteiger partial charge < -0.3 is 5.32 Å². The summed E-state index contributed by atoms with van der Waals surface area (Å²) in [6.07, 6.45) is 1.73. The number of pyridine rings is 1. The molecule has 1 saturated heterocycles. The lowest BCUT2D eigenvalue weighted by atomic mass is 10.1. The van der Waals surface area contributed by atoms with Crippen molar-refractivity contribution >= 4 is 23.3 Å². The molecule has 2 heterocycles. The lowest BCUT2D eigenvalue weighted by molar-refractivity contribution is 0.200. The SMILES string of the molecule is CC1CN(Cc2ccc(F)c3cccnc23)CCN1.Cl. The van der Waals surface area contributed by atoms with Gasteiger partial charge in [0.1, 0.15) is 5.82 Å². The van der Waals surface area contributed by atoms with E-state index in [0.29, 0.717) is 11.4 Å². The molecule has 1 aliphatic heterocycles. The first kappa shape index (κ1) is 15.2. The zero-order valence-electron chi connectivity index (χ0n) is 11.5. The van der Waals surface area contributed by atoms with Crippen LogP contribution in [-0.2, 0) is 6.54 Å². The van der Waals surface area contributed by atoms with Crippen LogP contribution in [0.5, 0.6) is 0 Å². The normalized spacial score (nSPS) is 19.8. The quantitative estimate of drug-likeness (QED) is 0.923. The Hall–Kier alpha value is -1.23. The van der Waals surface area contributed by atoms with E-state index in [2.05, 4.69) is 22.1 Å². The average molecular weight is 296 g/mol. The molecule has 0 bridgehead atoms. The predicted octanol–water partition coefficient (Wildman–Crippen LogP) is 2.59. The van der Waals surface area contributed by atoms with Crippen LogP contribution in [0.4, 0.5) is 4.39 Å². The number of piperazine rings is 1. The third-order valence-electron chi connectivity index (χ3n) is 3.65. The van der Waals surface area contributed by atoms with Crippen LogP contribution in [0.2, 0.25) is 0 Å². The predicted molar refractivity (Wildman–Crippen MR) is 81.7 cm³/mol. The van der Waals surface area contributed by atoms with Gasteiger partial charge in [-0.3, -0.25) is 9.88 Å². The van der Waals surface area contributed by atoms with Crippen molar-refractivity contribution in [2.45, 2.75) is 19.5 Å². The maximum Gasteiger partial charge on any atom is 0.132 e. The highest BCUT2D eigenvalue weighted by Gasteiger charge is 2.17. The Morgan fingerprint density at radius 2 is 2.25 bits per heavy atom. The summed E-state index contributed by atoms with van der Waals surface area (Å²) in [5, 5.41) is 4.04. The highest BCUT2D eigenvalue weighted by atomic mass is 35.5. The summed E-state index contributed by atoms with van der Waals surface area (Å²) < 4.78 is 13.7. The van der Waals surface area contributed by atoms with E-state index in [-0.39, 0.29) is 18.2 Å². The van der Waals surface area contributed by atoms with Gasteiger partial charge in [0, 0.05) is 43.8 Å². The molecule has 20 heavy (non-hydrogen) atoms. The number of nitrogens with zero attached hydrogens (tertiary/aromatic N) is 2. The van der Waals surface area contributed by atoms with E-state index in [1.807, 2.05) is 6.07 Å². The van der Waals surface area contributed by atoms with Gasteiger partial charge in [0.25, 0.3) is 0 Å². The Labute approximate surface area is 124 Å². The van der Waals surface area contributed by atoms with E-state index >= 15 is 0 Å². The number of hydrogen-bond acceptors (Lipinski definition) is 3. The smallest absolute Gasteiger partial charge is 0.132 e. The molecule has 0 amide bonds. The average Bonchev–Trinajstić information content (AvgIpc) is 2.42. The number of halogens is 2. The summed E-state index contributed by atoms with van der Waals surface area (Å²) in [7, 11) is 0. The van der Waals surface area contributed by atoms with E-state index in [0.717, 1.165) is 37.3 Å². The monoisotopic (exact) mass is 295 g/mol. The molecule has 1 N–H and O–H groups in total. The van der Waals surface area contributed by atoms with Crippen molar-refractivity contribution in [2.75, 3.05) is 19.6 Å². The van der Waals surface area contributed by atoms with Crippen molar-refractivity contribution in [3.8, 4) is 0 Å². The lowest BCUT2D eigenvalue weighted by Crippen LogP contribution is -2.48. The molecular weight excluding hydrogens is 277 g/mol. The first-order chi connectivity index (χ1) is 9.24. The highest BCUT2D eigenvalue weighted by Crippen LogP contribution is 2.21. The number of benzene rings is 1. The van der Waals surface area contributed by atoms with Crippen LogP contribution in [0.3, 0.4) is 0 Å². The molecule has 108 valence electrons. The fraction of sp³-hybridized carbons (Fsp3) is 0.400. The fourth-order valence-corrected chi connectivity index (χ4v) is 2.72. The molecule has 2 aromatic rings. The Bertz CT molecular complexity index is 590. The van der Waals surface area contributed by atoms with E-state index in [9.17, 15) is 4.39 Å². The molecular formula is C15H19ClFN3. The van der Waals surface area contributed by atoms with Gasteiger partial charge in [0.15, 0.2) is 0 Å². The van der Waals surface area contributed by atoms with Gasteiger partial charge in [0.2, 0.25) is 0 Å². The van der Waals surface area contributed by atoms with Crippen LogP contribution in [0.15, 0.2) is 30.5 Å². The Balaban J connectivity index is 0.00000147. The summed E-state index contributed by atoms with van der Waals surface area (Å²) in [6.45, 7) is 6.07. The van der Waals surface area contributed by atoms with Gasteiger partial charge >= 0.3 is 0 Å². The van der Waals surface area contributed by atoms with Gasteiger partial charge in [-0.25, -0.2) is 4.39 Å². The molecule has 0 spiro atoms. The highest BCUT2D eigenvalue weighted by molar-refractivity contribution is 5.85. The molecule has 1 aliphatic rings. The summed E-state index contributed by atoms with van der Waals surface area (Å²) in [5.41, 5.74) is 1.89. The second kappa shape index (κ2) is 6.48. The molecule has 0 aliphatic carbocycles. The third-order valence-corrected chi connectivity index (χ3v) is 3.65. The van der Waals surface area contributed by atoms with Crippen LogP contribution in [0, 0.1) is 5.82 Å². The second-order valence-electron chi connectivity index (χ2n) is 5.20. The first-order valence-corrected chi connectivity index (χ1v) is 6.72. The zero-order valence-corrected chi connectivity index (χ0v) is 12.3. The molecule has 1 aromatic carbocycles. The molecule has 0 radical (unpaired) electrons. The molecule has 3 nitrogen and oxygen atoms in total. The molecule has 1 fully saturated rings. The van der Waals surface area contributed by atoms with Crippen LogP contribution in [0.25, 0.3) is 10.9 Å². The minimum Gasteiger partial charge on any atom is -0.312 e. The van der Waals surface area contributed by atoms with E-state index < -0.39 is 0 Å². The fourth-order valence-electron chi connectivity index (χ4n) is 2.72. The van der Waals surface area contributed by atoms with Crippen molar-refractivity contribution in [2.24, 2.45) is 0 Å². The van der Waals surface area contributed by atoms with Gasteiger partial charge in [-0.1, -0.05) is 6.07 Å². The molecule has 1 unspecified atom stereocenters. The van der Waals surface area contributed by atoms with E-state index in [1.165, 1.54) is 0 Å². The van der Waals surface area contributed by atoms with Crippen LogP contribution in [0.1, 0.15) is 12.5 Å².